The quantitative estimate of drug-likeness (QED) is 0.895. The van der Waals surface area contributed by atoms with Crippen LogP contribution in [0.25, 0.3) is 0 Å². The second-order valence-corrected chi connectivity index (χ2v) is 6.98. The number of carbonyl (C=O) groups excluding carboxylic acids is 1. The zero-order chi connectivity index (χ0) is 17.6. The molecule has 0 saturated carbocycles. The molecule has 1 aliphatic heterocycles. The minimum atomic E-state index is -0.480. The number of carbonyl (C=O) groups is 1. The predicted molar refractivity (Wildman–Crippen MR) is 95.9 cm³/mol. The lowest BCUT2D eigenvalue weighted by Crippen LogP contribution is -2.43. The van der Waals surface area contributed by atoms with Gasteiger partial charge in [-0.3, -0.25) is 0 Å². The molecule has 1 aromatic rings. The maximum absolute atomic E-state index is 11.9. The number of hydrogen-bond donors (Lipinski definition) is 1. The summed E-state index contributed by atoms with van der Waals surface area (Å²) in [5.41, 5.74) is 0.737. The van der Waals surface area contributed by atoms with Gasteiger partial charge in [-0.15, -0.1) is 0 Å². The lowest BCUT2D eigenvalue weighted by Gasteiger charge is -2.29. The van der Waals surface area contributed by atoms with Crippen LogP contribution in [0.15, 0.2) is 24.3 Å². The highest BCUT2D eigenvalue weighted by molar-refractivity contribution is 5.67. The molecular formula is C18H29N3O3. The molecule has 0 atom stereocenters. The van der Waals surface area contributed by atoms with E-state index in [1.165, 1.54) is 10.6 Å². The van der Waals surface area contributed by atoms with E-state index in [9.17, 15) is 4.79 Å². The predicted octanol–water partition coefficient (Wildman–Crippen LogP) is 2.34. The van der Waals surface area contributed by atoms with Gasteiger partial charge in [-0.05, 0) is 45.0 Å². The van der Waals surface area contributed by atoms with Gasteiger partial charge in [0.25, 0.3) is 0 Å². The molecule has 0 spiro atoms. The second-order valence-electron chi connectivity index (χ2n) is 6.98. The van der Waals surface area contributed by atoms with E-state index in [0.717, 1.165) is 31.9 Å². The van der Waals surface area contributed by atoms with Crippen molar-refractivity contribution in [2.75, 3.05) is 51.3 Å². The average molecular weight is 335 g/mol. The van der Waals surface area contributed by atoms with Gasteiger partial charge in [0.05, 0.1) is 6.54 Å². The minimum absolute atomic E-state index is 0.333. The molecule has 24 heavy (non-hydrogen) atoms. The first-order valence-electron chi connectivity index (χ1n) is 8.48. The Labute approximate surface area is 144 Å². The van der Waals surface area contributed by atoms with Crippen LogP contribution in [0, 0.1) is 0 Å². The van der Waals surface area contributed by atoms with Gasteiger partial charge in [-0.2, -0.15) is 0 Å². The van der Waals surface area contributed by atoms with E-state index in [4.69, 9.17) is 9.47 Å². The minimum Gasteiger partial charge on any atom is -0.492 e. The maximum Gasteiger partial charge on any atom is 0.410 e. The highest BCUT2D eigenvalue weighted by Gasteiger charge is 2.19. The van der Waals surface area contributed by atoms with Crippen LogP contribution in [0.1, 0.15) is 20.8 Å². The fraction of sp³-hybridized carbons (Fsp3) is 0.611. The van der Waals surface area contributed by atoms with E-state index >= 15 is 0 Å². The van der Waals surface area contributed by atoms with E-state index in [1.54, 1.807) is 7.05 Å². The molecule has 0 bridgehead atoms. The smallest absolute Gasteiger partial charge is 0.410 e. The standard InChI is InChI=1S/C18H29N3O3/c1-18(2,3)24-17(22)20(4)13-14-23-16-7-5-15(6-8-16)21-11-9-19-10-12-21/h5-8,19H,9-14H2,1-4H3. The van der Waals surface area contributed by atoms with Crippen molar-refractivity contribution in [3.63, 3.8) is 0 Å². The number of likely N-dealkylation sites (N-methyl/N-ethyl adjacent to an activating group) is 1. The van der Waals surface area contributed by atoms with E-state index in [-0.39, 0.29) is 6.09 Å². The molecule has 1 aromatic carbocycles. The highest BCUT2D eigenvalue weighted by Crippen LogP contribution is 2.19. The van der Waals surface area contributed by atoms with Gasteiger partial charge in [0.2, 0.25) is 0 Å². The Balaban J connectivity index is 1.75. The number of nitrogens with one attached hydrogen (secondary N) is 1. The van der Waals surface area contributed by atoms with Gasteiger partial charge >= 0.3 is 6.09 Å². The first-order valence-corrected chi connectivity index (χ1v) is 8.48. The molecule has 1 saturated heterocycles. The summed E-state index contributed by atoms with van der Waals surface area (Å²) < 4.78 is 11.0. The Morgan fingerprint density at radius 1 is 1.21 bits per heavy atom. The molecule has 1 aliphatic rings. The summed E-state index contributed by atoms with van der Waals surface area (Å²) in [5.74, 6) is 0.812. The van der Waals surface area contributed by atoms with Crippen LogP contribution in [0.3, 0.4) is 0 Å². The third kappa shape index (κ3) is 5.92. The lowest BCUT2D eigenvalue weighted by molar-refractivity contribution is 0.0278. The number of anilines is 1. The van der Waals surface area contributed by atoms with Crippen molar-refractivity contribution in [2.45, 2.75) is 26.4 Å². The van der Waals surface area contributed by atoms with Gasteiger partial charge in [-0.25, -0.2) is 4.79 Å². The summed E-state index contributed by atoms with van der Waals surface area (Å²) in [6.45, 7) is 10.6. The van der Waals surface area contributed by atoms with Gasteiger partial charge in [0.1, 0.15) is 18.0 Å². The largest absolute Gasteiger partial charge is 0.492 e. The summed E-state index contributed by atoms with van der Waals surface area (Å²) in [6, 6.07) is 8.12. The molecule has 1 fully saturated rings. The third-order valence-corrected chi connectivity index (χ3v) is 3.72. The van der Waals surface area contributed by atoms with Crippen LogP contribution in [-0.4, -0.2) is 63.0 Å². The maximum atomic E-state index is 11.9. The van der Waals surface area contributed by atoms with Crippen LogP contribution in [0.2, 0.25) is 0 Å². The van der Waals surface area contributed by atoms with Crippen molar-refractivity contribution in [3.05, 3.63) is 24.3 Å². The zero-order valence-corrected chi connectivity index (χ0v) is 15.2. The Kier molecular flexibility index (Phi) is 6.31. The van der Waals surface area contributed by atoms with Crippen molar-refractivity contribution in [3.8, 4) is 5.75 Å². The average Bonchev–Trinajstić information content (AvgIpc) is 2.54. The van der Waals surface area contributed by atoms with E-state index in [0.29, 0.717) is 13.2 Å². The highest BCUT2D eigenvalue weighted by atomic mass is 16.6. The number of rotatable bonds is 5. The van der Waals surface area contributed by atoms with Crippen molar-refractivity contribution >= 4 is 11.8 Å². The van der Waals surface area contributed by atoms with Gasteiger partial charge in [0, 0.05) is 38.9 Å². The molecule has 0 radical (unpaired) electrons. The van der Waals surface area contributed by atoms with E-state index < -0.39 is 5.60 Å². The van der Waals surface area contributed by atoms with E-state index in [1.807, 2.05) is 32.9 Å². The normalized spacial score (nSPS) is 15.1. The van der Waals surface area contributed by atoms with Crippen LogP contribution < -0.4 is 15.0 Å². The van der Waals surface area contributed by atoms with Gasteiger partial charge < -0.3 is 24.6 Å². The molecule has 2 rings (SSSR count). The fourth-order valence-electron chi connectivity index (χ4n) is 2.41. The molecular weight excluding hydrogens is 306 g/mol. The molecule has 1 heterocycles. The zero-order valence-electron chi connectivity index (χ0n) is 15.2. The molecule has 0 aromatic heterocycles. The molecule has 1 amide bonds. The molecule has 6 heteroatoms. The topological polar surface area (TPSA) is 54.0 Å². The molecule has 134 valence electrons. The Morgan fingerprint density at radius 2 is 1.83 bits per heavy atom. The van der Waals surface area contributed by atoms with Crippen LogP contribution in [-0.2, 0) is 4.74 Å². The fourth-order valence-corrected chi connectivity index (χ4v) is 2.41. The first kappa shape index (κ1) is 18.4. The number of piperazine rings is 1. The summed E-state index contributed by atoms with van der Waals surface area (Å²) in [4.78, 5) is 15.7. The number of ether oxygens (including phenoxy) is 2. The van der Waals surface area contributed by atoms with Crippen molar-refractivity contribution in [1.29, 1.82) is 0 Å². The second kappa shape index (κ2) is 8.24. The first-order chi connectivity index (χ1) is 11.3. The lowest BCUT2D eigenvalue weighted by atomic mass is 10.2. The molecule has 0 aliphatic carbocycles. The number of hydrogen-bond acceptors (Lipinski definition) is 5. The van der Waals surface area contributed by atoms with Crippen molar-refractivity contribution in [2.24, 2.45) is 0 Å². The van der Waals surface area contributed by atoms with Gasteiger partial charge in [-0.1, -0.05) is 0 Å². The van der Waals surface area contributed by atoms with E-state index in [2.05, 4.69) is 22.3 Å². The summed E-state index contributed by atoms with van der Waals surface area (Å²) in [6.07, 6.45) is -0.333. The number of benzene rings is 1. The SMILES string of the molecule is CN(CCOc1ccc(N2CCNCC2)cc1)C(=O)OC(C)(C)C. The third-order valence-electron chi connectivity index (χ3n) is 3.72. The van der Waals surface area contributed by atoms with Crippen LogP contribution in [0.4, 0.5) is 10.5 Å². The monoisotopic (exact) mass is 335 g/mol. The molecule has 6 nitrogen and oxygen atoms in total. The molecule has 1 N–H and O–H groups in total. The number of amides is 1. The summed E-state index contributed by atoms with van der Waals surface area (Å²) in [5, 5.41) is 3.35. The van der Waals surface area contributed by atoms with Crippen LogP contribution >= 0.6 is 0 Å². The Morgan fingerprint density at radius 3 is 2.42 bits per heavy atom. The summed E-state index contributed by atoms with van der Waals surface area (Å²) in [7, 11) is 1.71. The summed E-state index contributed by atoms with van der Waals surface area (Å²) >= 11 is 0. The van der Waals surface area contributed by atoms with Crippen LogP contribution in [0.5, 0.6) is 5.75 Å². The van der Waals surface area contributed by atoms with Crippen molar-refractivity contribution in [1.82, 2.24) is 10.2 Å². The Bertz CT molecular complexity index is 519. The van der Waals surface area contributed by atoms with Crippen molar-refractivity contribution < 1.29 is 14.3 Å². The molecule has 0 unspecified atom stereocenters. The van der Waals surface area contributed by atoms with Gasteiger partial charge in [0.15, 0.2) is 0 Å². The number of nitrogens with zero attached hydrogens (tertiary/aromatic N) is 2. The Hall–Kier alpha value is -1.95.